The van der Waals surface area contributed by atoms with Gasteiger partial charge in [0.2, 0.25) is 0 Å². The molecular formula is C15H26N2O6S. The van der Waals surface area contributed by atoms with Crippen LogP contribution in [-0.2, 0) is 19.7 Å². The lowest BCUT2D eigenvalue weighted by molar-refractivity contribution is -0.139. The van der Waals surface area contributed by atoms with Crippen molar-refractivity contribution < 1.29 is 27.7 Å². The molecule has 2 aliphatic carbocycles. The van der Waals surface area contributed by atoms with Gasteiger partial charge in [-0.25, -0.2) is 0 Å². The van der Waals surface area contributed by atoms with Crippen LogP contribution >= 0.6 is 0 Å². The van der Waals surface area contributed by atoms with E-state index in [0.717, 1.165) is 19.5 Å². The van der Waals surface area contributed by atoms with Gasteiger partial charge in [-0.15, -0.1) is 0 Å². The Kier molecular flexibility index (Phi) is 5.39. The van der Waals surface area contributed by atoms with Gasteiger partial charge in [0.1, 0.15) is 11.8 Å². The van der Waals surface area contributed by atoms with Crippen LogP contribution in [0.1, 0.15) is 33.1 Å². The molecule has 8 nitrogen and oxygen atoms in total. The Labute approximate surface area is 142 Å². The minimum atomic E-state index is -4.08. The Morgan fingerprint density at radius 3 is 2.33 bits per heavy atom. The van der Waals surface area contributed by atoms with Crippen molar-refractivity contribution in [2.75, 3.05) is 25.4 Å². The van der Waals surface area contributed by atoms with Crippen LogP contribution in [0.2, 0.25) is 0 Å². The van der Waals surface area contributed by atoms with Crippen LogP contribution in [0.3, 0.4) is 0 Å². The summed E-state index contributed by atoms with van der Waals surface area (Å²) in [7, 11) is -4.08. The number of carbonyl (C=O) groups excluding carboxylic acids is 1. The van der Waals surface area contributed by atoms with E-state index in [4.69, 9.17) is 9.66 Å². The number of carboxylic acid groups (broad SMARTS) is 1. The first-order chi connectivity index (χ1) is 11.0. The second-order valence-corrected chi connectivity index (χ2v) is 8.89. The van der Waals surface area contributed by atoms with Gasteiger partial charge in [-0.05, 0) is 24.2 Å². The normalized spacial score (nSPS) is 34.5. The lowest BCUT2D eigenvalue weighted by Crippen LogP contribution is -2.52. The Bertz CT molecular complexity index is 611. The lowest BCUT2D eigenvalue weighted by atomic mass is 9.70. The molecule has 0 amide bonds. The van der Waals surface area contributed by atoms with Crippen LogP contribution in [0, 0.1) is 16.7 Å². The lowest BCUT2D eigenvalue weighted by Gasteiger charge is -2.35. The maximum atomic E-state index is 11.9. The number of aliphatic carboxylic acids is 1. The molecule has 1 heterocycles. The molecule has 24 heavy (non-hydrogen) atoms. The Balaban J connectivity index is 0.000000198. The van der Waals surface area contributed by atoms with Crippen LogP contribution in [0.15, 0.2) is 0 Å². The summed E-state index contributed by atoms with van der Waals surface area (Å²) in [6.45, 7) is 6.04. The molecule has 0 aromatic heterocycles. The second kappa shape index (κ2) is 6.70. The Morgan fingerprint density at radius 1 is 1.33 bits per heavy atom. The first kappa shape index (κ1) is 19.3. The molecule has 9 heteroatoms. The zero-order valence-corrected chi connectivity index (χ0v) is 14.9. The molecule has 1 aliphatic heterocycles. The van der Waals surface area contributed by atoms with E-state index in [1.807, 2.05) is 13.8 Å². The number of hydrogen-bond donors (Lipinski definition) is 4. The molecule has 0 spiro atoms. The molecule has 138 valence electrons. The summed E-state index contributed by atoms with van der Waals surface area (Å²) in [5, 5.41) is 14.3. The van der Waals surface area contributed by atoms with Crippen molar-refractivity contribution in [1.29, 1.82) is 0 Å². The molecule has 3 aliphatic rings. The number of nitrogens with one attached hydrogen (secondary N) is 2. The fraction of sp³-hybridized carbons (Fsp3) is 0.867. The monoisotopic (exact) mass is 362 g/mol. The number of Topliss-reactive ketones (excluding diaryl/α,β-unsaturated/α-hetero) is 1. The van der Waals surface area contributed by atoms with Gasteiger partial charge >= 0.3 is 5.97 Å². The maximum absolute atomic E-state index is 11.9. The summed E-state index contributed by atoms with van der Waals surface area (Å²) in [4.78, 5) is 22.1. The van der Waals surface area contributed by atoms with Crippen molar-refractivity contribution in [3.8, 4) is 0 Å². The van der Waals surface area contributed by atoms with Crippen molar-refractivity contribution in [2.24, 2.45) is 16.7 Å². The summed E-state index contributed by atoms with van der Waals surface area (Å²) in [6.07, 6.45) is 1.97. The molecule has 3 rings (SSSR count). The standard InChI is InChI=1S/C10H16O4S.C5H10N2O2/c1-9(2)7-3-4-10(9,8(11)5-7)6-15(12,13)14;8-5(9)4-3-6-1-2-7-4/h7H,3-6H2,1-2H3,(H,12,13,14);4,6-7H,1-3H2,(H,8,9)/t7-,10+;4-/m11/s1. The van der Waals surface area contributed by atoms with E-state index < -0.39 is 33.3 Å². The SMILES string of the molecule is CC1(C)[C@@H]2CC[C@]1(CS(=O)(=O)O)C(=O)C2.O=C(O)[C@H]1CNCCN1. The zero-order valence-electron chi connectivity index (χ0n) is 14.0. The molecule has 0 aromatic carbocycles. The largest absolute Gasteiger partial charge is 0.480 e. The number of carbonyl (C=O) groups is 2. The average Bonchev–Trinajstić information content (AvgIpc) is 2.81. The van der Waals surface area contributed by atoms with Crippen molar-refractivity contribution in [1.82, 2.24) is 10.6 Å². The molecular weight excluding hydrogens is 336 g/mol. The van der Waals surface area contributed by atoms with E-state index >= 15 is 0 Å². The van der Waals surface area contributed by atoms with Crippen LogP contribution in [0.4, 0.5) is 0 Å². The van der Waals surface area contributed by atoms with E-state index in [9.17, 15) is 18.0 Å². The van der Waals surface area contributed by atoms with Crippen LogP contribution in [0.5, 0.6) is 0 Å². The molecule has 0 radical (unpaired) electrons. The van der Waals surface area contributed by atoms with E-state index in [1.165, 1.54) is 0 Å². The first-order valence-corrected chi connectivity index (χ1v) is 9.76. The first-order valence-electron chi connectivity index (χ1n) is 8.15. The Morgan fingerprint density at radius 2 is 2.00 bits per heavy atom. The number of fused-ring (bicyclic) bond motifs is 2. The van der Waals surface area contributed by atoms with Crippen molar-refractivity contribution in [3.63, 3.8) is 0 Å². The van der Waals surface area contributed by atoms with Gasteiger partial charge in [0, 0.05) is 26.1 Å². The number of ketones is 1. The third kappa shape index (κ3) is 3.63. The van der Waals surface area contributed by atoms with Crippen LogP contribution in [0.25, 0.3) is 0 Å². The average molecular weight is 362 g/mol. The number of carboxylic acids is 1. The minimum absolute atomic E-state index is 0.0152. The summed E-state index contributed by atoms with van der Waals surface area (Å²) < 4.78 is 31.0. The van der Waals surface area contributed by atoms with Crippen molar-refractivity contribution >= 4 is 21.9 Å². The molecule has 0 unspecified atom stereocenters. The van der Waals surface area contributed by atoms with E-state index in [1.54, 1.807) is 0 Å². The molecule has 3 atom stereocenters. The van der Waals surface area contributed by atoms with Crippen LogP contribution < -0.4 is 10.6 Å². The van der Waals surface area contributed by atoms with E-state index in [-0.39, 0.29) is 17.1 Å². The fourth-order valence-corrected chi connectivity index (χ4v) is 5.55. The molecule has 1 saturated heterocycles. The predicted octanol–water partition coefficient (Wildman–Crippen LogP) is -0.0980. The van der Waals surface area contributed by atoms with Gasteiger partial charge in [-0.2, -0.15) is 8.42 Å². The van der Waals surface area contributed by atoms with Crippen molar-refractivity contribution in [2.45, 2.75) is 39.2 Å². The third-order valence-corrected chi connectivity index (χ3v) is 6.76. The molecule has 4 N–H and O–H groups in total. The Hall–Kier alpha value is -1.03. The summed E-state index contributed by atoms with van der Waals surface area (Å²) in [5.41, 5.74) is -1.12. The predicted molar refractivity (Wildman–Crippen MR) is 87.3 cm³/mol. The van der Waals surface area contributed by atoms with Gasteiger partial charge in [0.05, 0.1) is 11.2 Å². The van der Waals surface area contributed by atoms with E-state index in [2.05, 4.69) is 10.6 Å². The smallest absolute Gasteiger partial charge is 0.322 e. The zero-order chi connectivity index (χ0) is 18.2. The number of piperazine rings is 1. The highest BCUT2D eigenvalue weighted by Crippen LogP contribution is 2.64. The number of hydrogen-bond acceptors (Lipinski definition) is 6. The molecule has 3 fully saturated rings. The van der Waals surface area contributed by atoms with Gasteiger partial charge in [0.15, 0.2) is 0 Å². The summed E-state index contributed by atoms with van der Waals surface area (Å²) >= 11 is 0. The van der Waals surface area contributed by atoms with Gasteiger partial charge in [-0.3, -0.25) is 14.1 Å². The highest BCUT2D eigenvalue weighted by atomic mass is 32.2. The van der Waals surface area contributed by atoms with Crippen molar-refractivity contribution in [3.05, 3.63) is 0 Å². The maximum Gasteiger partial charge on any atom is 0.322 e. The third-order valence-electron chi connectivity index (χ3n) is 5.91. The van der Waals surface area contributed by atoms with E-state index in [0.29, 0.717) is 19.4 Å². The molecule has 2 bridgehead atoms. The van der Waals surface area contributed by atoms with Gasteiger partial charge in [0.25, 0.3) is 10.1 Å². The highest BCUT2D eigenvalue weighted by molar-refractivity contribution is 7.85. The molecule has 2 saturated carbocycles. The van der Waals surface area contributed by atoms with Gasteiger partial charge in [-0.1, -0.05) is 13.8 Å². The topological polar surface area (TPSA) is 133 Å². The second-order valence-electron chi connectivity index (χ2n) is 7.44. The summed E-state index contributed by atoms with van der Waals surface area (Å²) in [6, 6.07) is -0.390. The fourth-order valence-electron chi connectivity index (χ4n) is 4.25. The molecule has 0 aromatic rings. The summed E-state index contributed by atoms with van der Waals surface area (Å²) in [5.74, 6) is -0.877. The van der Waals surface area contributed by atoms with Crippen LogP contribution in [-0.4, -0.2) is 61.3 Å². The van der Waals surface area contributed by atoms with Gasteiger partial charge < -0.3 is 15.7 Å². The highest BCUT2D eigenvalue weighted by Gasteiger charge is 2.65. The minimum Gasteiger partial charge on any atom is -0.480 e. The number of rotatable bonds is 3. The quantitative estimate of drug-likeness (QED) is 0.512.